The van der Waals surface area contributed by atoms with Crippen molar-refractivity contribution >= 4 is 11.9 Å². The van der Waals surface area contributed by atoms with Gasteiger partial charge in [0.2, 0.25) is 0 Å². The van der Waals surface area contributed by atoms with E-state index < -0.39 is 11.9 Å². The molecule has 0 aromatic rings. The van der Waals surface area contributed by atoms with E-state index >= 15 is 0 Å². The van der Waals surface area contributed by atoms with E-state index in [2.05, 4.69) is 13.2 Å². The molecule has 19 heavy (non-hydrogen) atoms. The Labute approximate surface area is 114 Å². The maximum absolute atomic E-state index is 11.0. The van der Waals surface area contributed by atoms with E-state index in [-0.39, 0.29) is 24.7 Å². The molecule has 0 aliphatic heterocycles. The van der Waals surface area contributed by atoms with Crippen molar-refractivity contribution in [2.24, 2.45) is 5.92 Å². The van der Waals surface area contributed by atoms with Gasteiger partial charge in [-0.1, -0.05) is 13.2 Å². The molecule has 0 aliphatic rings. The minimum Gasteiger partial charge on any atom is -0.462 e. The van der Waals surface area contributed by atoms with Crippen LogP contribution in [0.3, 0.4) is 0 Å². The van der Waals surface area contributed by atoms with Gasteiger partial charge >= 0.3 is 11.9 Å². The number of esters is 2. The highest BCUT2D eigenvalue weighted by atomic mass is 16.6. The van der Waals surface area contributed by atoms with E-state index in [0.717, 1.165) is 12.2 Å². The Morgan fingerprint density at radius 1 is 1.00 bits per heavy atom. The largest absolute Gasteiger partial charge is 0.462 e. The molecule has 0 heterocycles. The van der Waals surface area contributed by atoms with Crippen LogP contribution in [0.15, 0.2) is 25.3 Å². The molecule has 0 spiro atoms. The van der Waals surface area contributed by atoms with Crippen LogP contribution < -0.4 is 0 Å². The summed E-state index contributed by atoms with van der Waals surface area (Å²) in [6.45, 7) is 12.9. The molecule has 0 saturated carbocycles. The summed E-state index contributed by atoms with van der Waals surface area (Å²) in [5.41, 5.74) is -0.316. The van der Waals surface area contributed by atoms with E-state index in [1.54, 1.807) is 0 Å². The van der Waals surface area contributed by atoms with Gasteiger partial charge < -0.3 is 14.2 Å². The zero-order valence-electron chi connectivity index (χ0n) is 11.8. The summed E-state index contributed by atoms with van der Waals surface area (Å²) in [4.78, 5) is 22.0. The molecule has 5 nitrogen and oxygen atoms in total. The summed E-state index contributed by atoms with van der Waals surface area (Å²) in [7, 11) is 0. The van der Waals surface area contributed by atoms with E-state index in [1.807, 2.05) is 20.8 Å². The van der Waals surface area contributed by atoms with Crippen LogP contribution in [0, 0.1) is 5.92 Å². The average Bonchev–Trinajstić information content (AvgIpc) is 2.35. The fourth-order valence-corrected chi connectivity index (χ4v) is 1.03. The summed E-state index contributed by atoms with van der Waals surface area (Å²) >= 11 is 0. The predicted molar refractivity (Wildman–Crippen MR) is 71.5 cm³/mol. The Hall–Kier alpha value is -1.62. The lowest BCUT2D eigenvalue weighted by atomic mass is 10.1. The van der Waals surface area contributed by atoms with Crippen molar-refractivity contribution in [2.75, 3.05) is 19.8 Å². The lowest BCUT2D eigenvalue weighted by molar-refractivity contribution is -0.145. The number of ether oxygens (including phenoxy) is 3. The zero-order valence-corrected chi connectivity index (χ0v) is 11.8. The second-order valence-electron chi connectivity index (χ2n) is 4.96. The minimum atomic E-state index is -0.518. The first kappa shape index (κ1) is 17.4. The molecule has 0 atom stereocenters. The molecule has 0 N–H and O–H groups in total. The number of carbonyl (C=O) groups excluding carboxylic acids is 2. The SMILES string of the molecule is C=CC(=O)OCC(COC(=O)C=C)COC(C)(C)C. The molecule has 0 bridgehead atoms. The molecule has 0 saturated heterocycles. The Morgan fingerprint density at radius 3 is 1.74 bits per heavy atom. The van der Waals surface area contributed by atoms with Crippen LogP contribution in [-0.2, 0) is 23.8 Å². The monoisotopic (exact) mass is 270 g/mol. The molecule has 5 heteroatoms. The normalized spacial score (nSPS) is 10.9. The van der Waals surface area contributed by atoms with Gasteiger partial charge in [-0.3, -0.25) is 0 Å². The van der Waals surface area contributed by atoms with Crippen molar-refractivity contribution in [1.29, 1.82) is 0 Å². The topological polar surface area (TPSA) is 61.8 Å². The lowest BCUT2D eigenvalue weighted by Gasteiger charge is -2.24. The molecule has 0 unspecified atom stereocenters. The highest BCUT2D eigenvalue weighted by molar-refractivity contribution is 5.81. The van der Waals surface area contributed by atoms with Gasteiger partial charge in [0, 0.05) is 12.2 Å². The quantitative estimate of drug-likeness (QED) is 0.498. The van der Waals surface area contributed by atoms with Crippen LogP contribution in [0.2, 0.25) is 0 Å². The molecular formula is C14H22O5. The number of hydrogen-bond acceptors (Lipinski definition) is 5. The Kier molecular flexibility index (Phi) is 7.75. The average molecular weight is 270 g/mol. The van der Waals surface area contributed by atoms with Gasteiger partial charge in [-0.25, -0.2) is 9.59 Å². The lowest BCUT2D eigenvalue weighted by Crippen LogP contribution is -2.29. The molecule has 0 amide bonds. The van der Waals surface area contributed by atoms with Crippen LogP contribution in [0.4, 0.5) is 0 Å². The highest BCUT2D eigenvalue weighted by Gasteiger charge is 2.18. The molecule has 0 rings (SSSR count). The van der Waals surface area contributed by atoms with Crippen LogP contribution >= 0.6 is 0 Å². The molecule has 0 aromatic heterocycles. The van der Waals surface area contributed by atoms with Crippen LogP contribution in [0.5, 0.6) is 0 Å². The Bertz CT molecular complexity index is 303. The van der Waals surface area contributed by atoms with Crippen molar-refractivity contribution in [2.45, 2.75) is 26.4 Å². The first-order valence-corrected chi connectivity index (χ1v) is 6.01. The van der Waals surface area contributed by atoms with E-state index in [1.165, 1.54) is 0 Å². The predicted octanol–water partition coefficient (Wildman–Crippen LogP) is 1.88. The Balaban J connectivity index is 4.28. The maximum atomic E-state index is 11.0. The van der Waals surface area contributed by atoms with Crippen molar-refractivity contribution < 1.29 is 23.8 Å². The van der Waals surface area contributed by atoms with Gasteiger partial charge in [0.1, 0.15) is 0 Å². The van der Waals surface area contributed by atoms with Gasteiger partial charge in [-0.15, -0.1) is 0 Å². The van der Waals surface area contributed by atoms with Crippen molar-refractivity contribution in [3.05, 3.63) is 25.3 Å². The molecule has 0 aliphatic carbocycles. The standard InChI is InChI=1S/C14H22O5/c1-6-12(15)17-8-11(9-18-13(16)7-2)10-19-14(3,4)5/h6-7,11H,1-2,8-10H2,3-5H3. The third-order valence-corrected chi connectivity index (χ3v) is 2.01. The van der Waals surface area contributed by atoms with Crippen molar-refractivity contribution in [3.8, 4) is 0 Å². The second-order valence-corrected chi connectivity index (χ2v) is 4.96. The van der Waals surface area contributed by atoms with Gasteiger partial charge in [0.15, 0.2) is 0 Å². The van der Waals surface area contributed by atoms with E-state index in [9.17, 15) is 9.59 Å². The van der Waals surface area contributed by atoms with Crippen LogP contribution in [0.25, 0.3) is 0 Å². The number of carbonyl (C=O) groups is 2. The highest BCUT2D eigenvalue weighted by Crippen LogP contribution is 2.11. The third kappa shape index (κ3) is 10.0. The smallest absolute Gasteiger partial charge is 0.330 e. The number of rotatable bonds is 8. The summed E-state index contributed by atoms with van der Waals surface area (Å²) in [5, 5.41) is 0. The Morgan fingerprint density at radius 2 is 1.42 bits per heavy atom. The number of hydrogen-bond donors (Lipinski definition) is 0. The van der Waals surface area contributed by atoms with Crippen molar-refractivity contribution in [1.82, 2.24) is 0 Å². The van der Waals surface area contributed by atoms with E-state index in [0.29, 0.717) is 6.61 Å². The first-order valence-electron chi connectivity index (χ1n) is 6.01. The first-order chi connectivity index (χ1) is 8.78. The summed E-state index contributed by atoms with van der Waals surface area (Å²) in [6.07, 6.45) is 2.16. The summed E-state index contributed by atoms with van der Waals surface area (Å²) < 4.78 is 15.4. The summed E-state index contributed by atoms with van der Waals surface area (Å²) in [6, 6.07) is 0. The van der Waals surface area contributed by atoms with Gasteiger partial charge in [-0.05, 0) is 20.8 Å². The fourth-order valence-electron chi connectivity index (χ4n) is 1.03. The second kappa shape index (κ2) is 8.48. The molecule has 0 fully saturated rings. The third-order valence-electron chi connectivity index (χ3n) is 2.01. The minimum absolute atomic E-state index is 0.103. The molecule has 108 valence electrons. The van der Waals surface area contributed by atoms with Gasteiger partial charge in [0.25, 0.3) is 0 Å². The molecular weight excluding hydrogens is 248 g/mol. The van der Waals surface area contributed by atoms with Crippen LogP contribution in [-0.4, -0.2) is 37.4 Å². The fraction of sp³-hybridized carbons (Fsp3) is 0.571. The van der Waals surface area contributed by atoms with Crippen LogP contribution in [0.1, 0.15) is 20.8 Å². The van der Waals surface area contributed by atoms with E-state index in [4.69, 9.17) is 14.2 Å². The van der Waals surface area contributed by atoms with Gasteiger partial charge in [0.05, 0.1) is 31.3 Å². The maximum Gasteiger partial charge on any atom is 0.330 e. The molecule has 0 radical (unpaired) electrons. The summed E-state index contributed by atoms with van der Waals surface area (Å²) in [5.74, 6) is -1.27. The zero-order chi connectivity index (χ0) is 14.9. The van der Waals surface area contributed by atoms with Gasteiger partial charge in [-0.2, -0.15) is 0 Å². The molecule has 0 aromatic carbocycles. The van der Waals surface area contributed by atoms with Crippen molar-refractivity contribution in [3.63, 3.8) is 0 Å².